The SMILES string of the molecule is CC1COP(OC2CCCCC2)O1. The van der Waals surface area contributed by atoms with Crippen molar-refractivity contribution in [2.45, 2.75) is 51.2 Å². The highest BCUT2D eigenvalue weighted by Crippen LogP contribution is 2.48. The van der Waals surface area contributed by atoms with E-state index in [2.05, 4.69) is 0 Å². The van der Waals surface area contributed by atoms with Gasteiger partial charge in [0, 0.05) is 0 Å². The van der Waals surface area contributed by atoms with Gasteiger partial charge in [0.15, 0.2) is 0 Å². The molecular weight excluding hydrogens is 187 g/mol. The van der Waals surface area contributed by atoms with Crippen molar-refractivity contribution in [2.24, 2.45) is 0 Å². The van der Waals surface area contributed by atoms with Gasteiger partial charge in [0.05, 0.1) is 18.8 Å². The fourth-order valence-electron chi connectivity index (χ4n) is 1.72. The average Bonchev–Trinajstić information content (AvgIpc) is 2.53. The Morgan fingerprint density at radius 1 is 1.23 bits per heavy atom. The molecule has 3 nitrogen and oxygen atoms in total. The lowest BCUT2D eigenvalue weighted by atomic mass is 9.98. The van der Waals surface area contributed by atoms with Crippen LogP contribution in [0.3, 0.4) is 0 Å². The van der Waals surface area contributed by atoms with E-state index in [4.69, 9.17) is 13.6 Å². The quantitative estimate of drug-likeness (QED) is 0.647. The van der Waals surface area contributed by atoms with E-state index in [-0.39, 0.29) is 6.10 Å². The summed E-state index contributed by atoms with van der Waals surface area (Å²) in [4.78, 5) is 0. The van der Waals surface area contributed by atoms with Crippen LogP contribution in [0, 0.1) is 0 Å². The van der Waals surface area contributed by atoms with Gasteiger partial charge in [-0.2, -0.15) is 0 Å². The maximum absolute atomic E-state index is 5.74. The van der Waals surface area contributed by atoms with E-state index < -0.39 is 8.60 Å². The molecule has 1 saturated heterocycles. The highest BCUT2D eigenvalue weighted by atomic mass is 31.2. The van der Waals surface area contributed by atoms with Crippen LogP contribution in [-0.2, 0) is 13.6 Å². The van der Waals surface area contributed by atoms with E-state index in [0.717, 1.165) is 0 Å². The van der Waals surface area contributed by atoms with Crippen molar-refractivity contribution < 1.29 is 13.6 Å². The minimum atomic E-state index is -1.01. The van der Waals surface area contributed by atoms with Gasteiger partial charge in [0.2, 0.25) is 0 Å². The first kappa shape index (κ1) is 9.85. The van der Waals surface area contributed by atoms with E-state index in [1.807, 2.05) is 6.92 Å². The zero-order valence-electron chi connectivity index (χ0n) is 8.07. The Morgan fingerprint density at radius 3 is 2.62 bits per heavy atom. The second kappa shape index (κ2) is 4.70. The highest BCUT2D eigenvalue weighted by molar-refractivity contribution is 7.42. The Bertz CT molecular complexity index is 156. The monoisotopic (exact) mass is 204 g/mol. The van der Waals surface area contributed by atoms with Gasteiger partial charge >= 0.3 is 8.60 Å². The topological polar surface area (TPSA) is 27.7 Å². The van der Waals surface area contributed by atoms with E-state index in [0.29, 0.717) is 12.7 Å². The molecule has 2 fully saturated rings. The summed E-state index contributed by atoms with van der Waals surface area (Å²) < 4.78 is 16.6. The molecule has 2 atom stereocenters. The summed E-state index contributed by atoms with van der Waals surface area (Å²) in [7, 11) is -1.01. The molecule has 0 bridgehead atoms. The molecule has 0 aromatic carbocycles. The first-order valence-electron chi connectivity index (χ1n) is 5.11. The standard InChI is InChI=1S/C9H17O3P/c1-8-7-10-13(11-8)12-9-5-3-2-4-6-9/h8-9H,2-7H2,1H3. The van der Waals surface area contributed by atoms with Crippen LogP contribution < -0.4 is 0 Å². The Hall–Kier alpha value is 0.310. The van der Waals surface area contributed by atoms with Gasteiger partial charge in [0.1, 0.15) is 0 Å². The van der Waals surface area contributed by atoms with Gasteiger partial charge < -0.3 is 13.6 Å². The summed E-state index contributed by atoms with van der Waals surface area (Å²) in [6.07, 6.45) is 6.92. The van der Waals surface area contributed by atoms with Gasteiger partial charge in [-0.15, -0.1) is 0 Å². The molecule has 0 N–H and O–H groups in total. The fourth-order valence-corrected chi connectivity index (χ4v) is 3.03. The zero-order chi connectivity index (χ0) is 9.10. The van der Waals surface area contributed by atoms with Gasteiger partial charge in [-0.25, -0.2) is 0 Å². The lowest BCUT2D eigenvalue weighted by molar-refractivity contribution is 0.127. The van der Waals surface area contributed by atoms with Crippen molar-refractivity contribution in [3.05, 3.63) is 0 Å². The molecular formula is C9H17O3P. The summed E-state index contributed by atoms with van der Waals surface area (Å²) >= 11 is 0. The molecule has 0 spiro atoms. The smallest absolute Gasteiger partial charge is 0.309 e. The summed E-state index contributed by atoms with van der Waals surface area (Å²) in [6, 6.07) is 0. The second-order valence-corrected chi connectivity index (χ2v) is 4.93. The molecule has 13 heavy (non-hydrogen) atoms. The average molecular weight is 204 g/mol. The number of hydrogen-bond donors (Lipinski definition) is 0. The lowest BCUT2D eigenvalue weighted by Gasteiger charge is -2.23. The molecule has 0 amide bonds. The van der Waals surface area contributed by atoms with Crippen LogP contribution in [0.25, 0.3) is 0 Å². The van der Waals surface area contributed by atoms with E-state index in [1.54, 1.807) is 0 Å². The normalized spacial score (nSPS) is 36.7. The summed E-state index contributed by atoms with van der Waals surface area (Å²) in [6.45, 7) is 2.71. The molecule has 4 heteroatoms. The molecule has 0 radical (unpaired) electrons. The van der Waals surface area contributed by atoms with Crippen molar-refractivity contribution in [1.82, 2.24) is 0 Å². The van der Waals surface area contributed by atoms with E-state index in [9.17, 15) is 0 Å². The predicted molar refractivity (Wildman–Crippen MR) is 51.4 cm³/mol. The summed E-state index contributed by atoms with van der Waals surface area (Å²) in [5.74, 6) is 0. The van der Waals surface area contributed by atoms with Gasteiger partial charge in [-0.1, -0.05) is 19.3 Å². The van der Waals surface area contributed by atoms with Crippen LogP contribution in [0.15, 0.2) is 0 Å². The molecule has 2 unspecified atom stereocenters. The zero-order valence-corrected chi connectivity index (χ0v) is 8.96. The molecule has 0 aromatic heterocycles. The van der Waals surface area contributed by atoms with Crippen LogP contribution in [-0.4, -0.2) is 18.8 Å². The molecule has 1 saturated carbocycles. The van der Waals surface area contributed by atoms with Gasteiger partial charge in [-0.05, 0) is 19.8 Å². The van der Waals surface area contributed by atoms with Crippen LogP contribution in [0.5, 0.6) is 0 Å². The Labute approximate surface area is 80.7 Å². The maximum atomic E-state index is 5.74. The largest absolute Gasteiger partial charge is 0.333 e. The minimum Gasteiger partial charge on any atom is -0.309 e. The number of hydrogen-bond acceptors (Lipinski definition) is 3. The first-order valence-corrected chi connectivity index (χ1v) is 6.21. The minimum absolute atomic E-state index is 0.217. The van der Waals surface area contributed by atoms with Crippen LogP contribution in [0.4, 0.5) is 0 Å². The fraction of sp³-hybridized carbons (Fsp3) is 1.00. The van der Waals surface area contributed by atoms with Crippen molar-refractivity contribution in [3.63, 3.8) is 0 Å². The van der Waals surface area contributed by atoms with Crippen LogP contribution in [0.2, 0.25) is 0 Å². The van der Waals surface area contributed by atoms with Gasteiger partial charge in [0.25, 0.3) is 0 Å². The first-order chi connectivity index (χ1) is 6.34. The lowest BCUT2D eigenvalue weighted by Crippen LogP contribution is -2.14. The maximum Gasteiger partial charge on any atom is 0.333 e. The Morgan fingerprint density at radius 2 is 2.00 bits per heavy atom. The van der Waals surface area contributed by atoms with Crippen LogP contribution in [0.1, 0.15) is 39.0 Å². The second-order valence-electron chi connectivity index (χ2n) is 3.80. The molecule has 1 heterocycles. The molecule has 1 aliphatic carbocycles. The summed E-state index contributed by atoms with van der Waals surface area (Å²) in [5, 5.41) is 0. The van der Waals surface area contributed by atoms with E-state index >= 15 is 0 Å². The molecule has 1 aliphatic heterocycles. The van der Waals surface area contributed by atoms with Crippen molar-refractivity contribution in [1.29, 1.82) is 0 Å². The van der Waals surface area contributed by atoms with Crippen molar-refractivity contribution in [3.8, 4) is 0 Å². The highest BCUT2D eigenvalue weighted by Gasteiger charge is 2.28. The third kappa shape index (κ3) is 2.88. The van der Waals surface area contributed by atoms with Crippen molar-refractivity contribution >= 4 is 8.60 Å². The van der Waals surface area contributed by atoms with Gasteiger partial charge in [-0.3, -0.25) is 0 Å². The van der Waals surface area contributed by atoms with E-state index in [1.165, 1.54) is 32.1 Å². The Balaban J connectivity index is 1.71. The molecule has 0 aromatic rings. The summed E-state index contributed by atoms with van der Waals surface area (Å²) in [5.41, 5.74) is 0. The van der Waals surface area contributed by atoms with Crippen molar-refractivity contribution in [2.75, 3.05) is 6.61 Å². The predicted octanol–water partition coefficient (Wildman–Crippen LogP) is 3.00. The number of rotatable bonds is 2. The van der Waals surface area contributed by atoms with Crippen LogP contribution >= 0.6 is 8.60 Å². The third-order valence-electron chi connectivity index (χ3n) is 2.47. The molecule has 76 valence electrons. The Kier molecular flexibility index (Phi) is 3.56. The third-order valence-corrected chi connectivity index (χ3v) is 3.83. The molecule has 2 aliphatic rings. The molecule has 2 rings (SSSR count).